The predicted molar refractivity (Wildman–Crippen MR) is 124 cm³/mol. The molecular weight excluding hydrogens is 473 g/mol. The molecule has 1 saturated carbocycles. The van der Waals surface area contributed by atoms with Gasteiger partial charge in [-0.1, -0.05) is 33.1 Å². The summed E-state index contributed by atoms with van der Waals surface area (Å²) in [5, 5.41) is 3.74. The molecule has 2 saturated heterocycles. The first-order chi connectivity index (χ1) is 12.4. The van der Waals surface area contributed by atoms with Gasteiger partial charge in [-0.05, 0) is 49.9 Å². The Balaban J connectivity index is 0.00000261. The van der Waals surface area contributed by atoms with Gasteiger partial charge in [0.05, 0.1) is 11.5 Å². The first-order valence-corrected chi connectivity index (χ1v) is 12.5. The number of guanidine groups is 1. The van der Waals surface area contributed by atoms with E-state index in [1.165, 1.54) is 51.4 Å². The average Bonchev–Trinajstić information content (AvgIpc) is 3.20. The number of sulfone groups is 1. The van der Waals surface area contributed by atoms with Gasteiger partial charge in [0.1, 0.15) is 0 Å². The van der Waals surface area contributed by atoms with Gasteiger partial charge >= 0.3 is 0 Å². The number of nitrogens with one attached hydrogen (secondary N) is 1. The Morgan fingerprint density at radius 2 is 1.96 bits per heavy atom. The maximum absolute atomic E-state index is 11.7. The van der Waals surface area contributed by atoms with E-state index in [9.17, 15) is 8.42 Å². The molecule has 2 heterocycles. The molecule has 0 radical (unpaired) electrons. The molecule has 158 valence electrons. The van der Waals surface area contributed by atoms with Crippen LogP contribution in [0.2, 0.25) is 0 Å². The Morgan fingerprint density at radius 1 is 1.22 bits per heavy atom. The van der Waals surface area contributed by atoms with E-state index < -0.39 is 9.84 Å². The van der Waals surface area contributed by atoms with E-state index >= 15 is 0 Å². The fraction of sp³-hybridized carbons (Fsp3) is 0.950. The first kappa shape index (κ1) is 23.2. The van der Waals surface area contributed by atoms with Crippen LogP contribution in [0.1, 0.15) is 71.6 Å². The van der Waals surface area contributed by atoms with Gasteiger partial charge in [0, 0.05) is 25.7 Å². The normalized spacial score (nSPS) is 31.7. The van der Waals surface area contributed by atoms with Crippen molar-refractivity contribution in [1.29, 1.82) is 0 Å². The number of likely N-dealkylation sites (tertiary alicyclic amines) is 1. The lowest BCUT2D eigenvalue weighted by Gasteiger charge is -2.42. The highest BCUT2D eigenvalue weighted by Gasteiger charge is 2.33. The fourth-order valence-corrected chi connectivity index (χ4v) is 6.87. The van der Waals surface area contributed by atoms with Crippen molar-refractivity contribution in [1.82, 2.24) is 10.2 Å². The molecule has 0 aromatic rings. The molecule has 0 amide bonds. The molecule has 2 unspecified atom stereocenters. The number of nitrogens with zero attached hydrogens (tertiary/aromatic N) is 2. The third kappa shape index (κ3) is 6.75. The standard InChI is InChI=1S/C20H37N3O2S.HI/c1-3-10-20(2)11-6-12-23(16-20)19(22-18-7-4-5-8-18)21-14-17-9-13-26(24,25)15-17;/h17-18H,3-16H2,1-2H3,(H,21,22);1H. The Hall–Kier alpha value is -0.0500. The minimum absolute atomic E-state index is 0. The van der Waals surface area contributed by atoms with Gasteiger partial charge in [-0.25, -0.2) is 8.42 Å². The maximum atomic E-state index is 11.7. The minimum atomic E-state index is -2.82. The van der Waals surface area contributed by atoms with Gasteiger partial charge in [0.25, 0.3) is 0 Å². The molecule has 1 N–H and O–H groups in total. The number of hydrogen-bond acceptors (Lipinski definition) is 3. The molecule has 2 aliphatic heterocycles. The number of aliphatic imine (C=N–C) groups is 1. The van der Waals surface area contributed by atoms with Crippen LogP contribution in [0.4, 0.5) is 0 Å². The lowest BCUT2D eigenvalue weighted by Crippen LogP contribution is -2.52. The van der Waals surface area contributed by atoms with Crippen LogP contribution in [0.5, 0.6) is 0 Å². The molecule has 3 rings (SSSR count). The van der Waals surface area contributed by atoms with Gasteiger partial charge in [-0.3, -0.25) is 4.99 Å². The molecule has 27 heavy (non-hydrogen) atoms. The maximum Gasteiger partial charge on any atom is 0.194 e. The second-order valence-corrected chi connectivity index (χ2v) is 11.4. The van der Waals surface area contributed by atoms with Crippen LogP contribution in [0.25, 0.3) is 0 Å². The highest BCUT2D eigenvalue weighted by atomic mass is 127. The van der Waals surface area contributed by atoms with E-state index in [0.717, 1.165) is 25.5 Å². The summed E-state index contributed by atoms with van der Waals surface area (Å²) < 4.78 is 23.5. The average molecular weight is 512 g/mol. The zero-order valence-electron chi connectivity index (χ0n) is 17.1. The fourth-order valence-electron chi connectivity index (χ4n) is 5.03. The van der Waals surface area contributed by atoms with Gasteiger partial charge in [0.15, 0.2) is 15.8 Å². The first-order valence-electron chi connectivity index (χ1n) is 10.7. The molecule has 3 fully saturated rings. The van der Waals surface area contributed by atoms with E-state index in [0.29, 0.717) is 29.5 Å². The van der Waals surface area contributed by atoms with E-state index in [4.69, 9.17) is 4.99 Å². The van der Waals surface area contributed by atoms with Crippen molar-refractivity contribution in [3.05, 3.63) is 0 Å². The molecule has 1 aliphatic carbocycles. The summed E-state index contributed by atoms with van der Waals surface area (Å²) >= 11 is 0. The molecule has 3 aliphatic rings. The highest BCUT2D eigenvalue weighted by molar-refractivity contribution is 14.0. The van der Waals surface area contributed by atoms with Crippen LogP contribution in [0.3, 0.4) is 0 Å². The zero-order valence-corrected chi connectivity index (χ0v) is 20.2. The van der Waals surface area contributed by atoms with Crippen LogP contribution in [0.15, 0.2) is 4.99 Å². The molecule has 5 nitrogen and oxygen atoms in total. The molecule has 0 spiro atoms. The molecule has 7 heteroatoms. The van der Waals surface area contributed by atoms with Crippen molar-refractivity contribution in [2.24, 2.45) is 16.3 Å². The Labute approximate surface area is 183 Å². The quantitative estimate of drug-likeness (QED) is 0.346. The van der Waals surface area contributed by atoms with Gasteiger partial charge in [-0.15, -0.1) is 24.0 Å². The largest absolute Gasteiger partial charge is 0.354 e. The van der Waals surface area contributed by atoms with Gasteiger partial charge in [0.2, 0.25) is 0 Å². The Bertz CT molecular complexity index is 600. The molecule has 0 aromatic heterocycles. The van der Waals surface area contributed by atoms with E-state index in [-0.39, 0.29) is 29.9 Å². The zero-order chi connectivity index (χ0) is 18.6. The van der Waals surface area contributed by atoms with Crippen LogP contribution < -0.4 is 5.32 Å². The molecule has 0 bridgehead atoms. The lowest BCUT2D eigenvalue weighted by molar-refractivity contribution is 0.141. The predicted octanol–water partition coefficient (Wildman–Crippen LogP) is 3.83. The SMILES string of the molecule is CCCC1(C)CCCN(C(=NCC2CCS(=O)(=O)C2)NC2CCCC2)C1.I. The van der Waals surface area contributed by atoms with Crippen LogP contribution in [-0.2, 0) is 9.84 Å². The molecule has 2 atom stereocenters. The topological polar surface area (TPSA) is 61.8 Å². The van der Waals surface area contributed by atoms with Crippen molar-refractivity contribution in [2.45, 2.75) is 77.7 Å². The van der Waals surface area contributed by atoms with E-state index in [2.05, 4.69) is 24.1 Å². The van der Waals surface area contributed by atoms with E-state index in [1.54, 1.807) is 0 Å². The van der Waals surface area contributed by atoms with Crippen molar-refractivity contribution in [2.75, 3.05) is 31.1 Å². The summed E-state index contributed by atoms with van der Waals surface area (Å²) in [5.41, 5.74) is 0.377. The second kappa shape index (κ2) is 10.1. The van der Waals surface area contributed by atoms with Gasteiger partial charge < -0.3 is 10.2 Å². The van der Waals surface area contributed by atoms with Crippen molar-refractivity contribution in [3.8, 4) is 0 Å². The summed E-state index contributed by atoms with van der Waals surface area (Å²) in [6, 6.07) is 0.542. The number of rotatable bonds is 5. The Morgan fingerprint density at radius 3 is 2.59 bits per heavy atom. The van der Waals surface area contributed by atoms with Crippen molar-refractivity contribution in [3.63, 3.8) is 0 Å². The van der Waals surface area contributed by atoms with Crippen molar-refractivity contribution < 1.29 is 8.42 Å². The van der Waals surface area contributed by atoms with Crippen LogP contribution >= 0.6 is 24.0 Å². The summed E-state index contributed by atoms with van der Waals surface area (Å²) in [7, 11) is -2.82. The molecule has 0 aromatic carbocycles. The monoisotopic (exact) mass is 511 g/mol. The van der Waals surface area contributed by atoms with Crippen LogP contribution in [0, 0.1) is 11.3 Å². The Kier molecular flexibility index (Phi) is 8.71. The summed E-state index contributed by atoms with van der Waals surface area (Å²) in [5.74, 6) is 1.91. The molecular formula is C20H38IN3O2S. The lowest BCUT2D eigenvalue weighted by atomic mass is 9.78. The van der Waals surface area contributed by atoms with Crippen molar-refractivity contribution >= 4 is 39.8 Å². The van der Waals surface area contributed by atoms with Gasteiger partial charge in [-0.2, -0.15) is 0 Å². The van der Waals surface area contributed by atoms with Crippen LogP contribution in [-0.4, -0.2) is 56.5 Å². The number of hydrogen-bond donors (Lipinski definition) is 1. The highest BCUT2D eigenvalue weighted by Crippen LogP contribution is 2.34. The third-order valence-corrected chi connectivity index (χ3v) is 8.29. The number of piperidine rings is 1. The summed E-state index contributed by atoms with van der Waals surface area (Å²) in [6.45, 7) is 7.48. The second-order valence-electron chi connectivity index (χ2n) is 9.14. The third-order valence-electron chi connectivity index (χ3n) is 6.45. The van der Waals surface area contributed by atoms with E-state index in [1.807, 2.05) is 0 Å². The number of halogens is 1. The summed E-state index contributed by atoms with van der Waals surface area (Å²) in [4.78, 5) is 7.41. The summed E-state index contributed by atoms with van der Waals surface area (Å²) in [6.07, 6.45) is 10.9. The minimum Gasteiger partial charge on any atom is -0.354 e. The smallest absolute Gasteiger partial charge is 0.194 e.